The summed E-state index contributed by atoms with van der Waals surface area (Å²) in [5, 5.41) is 0. The molecule has 0 radical (unpaired) electrons. The molecule has 0 spiro atoms. The van der Waals surface area contributed by atoms with E-state index in [0.29, 0.717) is 0 Å². The van der Waals surface area contributed by atoms with E-state index in [-0.39, 0.29) is 0 Å². The first-order chi connectivity index (χ1) is 10.7. The van der Waals surface area contributed by atoms with Gasteiger partial charge in [0.05, 0.1) is 7.11 Å². The normalized spacial score (nSPS) is 27.7. The van der Waals surface area contributed by atoms with Crippen molar-refractivity contribution in [1.82, 2.24) is 9.80 Å². The van der Waals surface area contributed by atoms with Crippen molar-refractivity contribution in [3.05, 3.63) is 29.8 Å². The summed E-state index contributed by atoms with van der Waals surface area (Å²) in [7, 11) is 1.74. The van der Waals surface area contributed by atoms with Crippen molar-refractivity contribution in [3.8, 4) is 5.75 Å². The molecule has 0 aromatic heterocycles. The Balaban J connectivity index is 1.49. The standard InChI is InChI=1S/C19H30N2O/c1-16-5-3-7-18(13-16)21-11-9-20(10-12-21)15-17-6-4-8-19(14-17)22-2/h4,6,8,14,16,18H,3,5,7,9-13,15H2,1-2H3. The number of piperazine rings is 1. The molecule has 22 heavy (non-hydrogen) atoms. The summed E-state index contributed by atoms with van der Waals surface area (Å²) in [4.78, 5) is 5.33. The van der Waals surface area contributed by atoms with E-state index in [4.69, 9.17) is 4.74 Å². The first kappa shape index (κ1) is 15.8. The van der Waals surface area contributed by atoms with E-state index in [2.05, 4.69) is 34.9 Å². The maximum absolute atomic E-state index is 5.32. The molecule has 2 aliphatic rings. The highest BCUT2D eigenvalue weighted by Gasteiger charge is 2.27. The molecule has 1 aliphatic carbocycles. The van der Waals surface area contributed by atoms with E-state index in [1.807, 2.05) is 6.07 Å². The van der Waals surface area contributed by atoms with Crippen LogP contribution in [0.3, 0.4) is 0 Å². The molecule has 2 fully saturated rings. The van der Waals surface area contributed by atoms with Crippen LogP contribution >= 0.6 is 0 Å². The third-order valence-corrected chi connectivity index (χ3v) is 5.37. The number of nitrogens with zero attached hydrogens (tertiary/aromatic N) is 2. The lowest BCUT2D eigenvalue weighted by molar-refractivity contribution is 0.0659. The molecule has 1 saturated heterocycles. The van der Waals surface area contributed by atoms with Gasteiger partial charge in [0.15, 0.2) is 0 Å². The molecule has 122 valence electrons. The van der Waals surface area contributed by atoms with E-state index in [9.17, 15) is 0 Å². The molecule has 1 saturated carbocycles. The summed E-state index contributed by atoms with van der Waals surface area (Å²) < 4.78 is 5.32. The Bertz CT molecular complexity index is 468. The predicted molar refractivity (Wildman–Crippen MR) is 91.3 cm³/mol. The van der Waals surface area contributed by atoms with Crippen molar-refractivity contribution in [3.63, 3.8) is 0 Å². The summed E-state index contributed by atoms with van der Waals surface area (Å²) in [5.74, 6) is 1.89. The first-order valence-corrected chi connectivity index (χ1v) is 8.84. The van der Waals surface area contributed by atoms with Crippen LogP contribution in [-0.4, -0.2) is 49.1 Å². The maximum Gasteiger partial charge on any atom is 0.119 e. The quantitative estimate of drug-likeness (QED) is 0.848. The number of rotatable bonds is 4. The van der Waals surface area contributed by atoms with Gasteiger partial charge in [-0.1, -0.05) is 31.9 Å². The number of benzene rings is 1. The molecule has 3 nitrogen and oxygen atoms in total. The van der Waals surface area contributed by atoms with Gasteiger partial charge in [0.2, 0.25) is 0 Å². The summed E-state index contributed by atoms with van der Waals surface area (Å²) in [6, 6.07) is 9.33. The van der Waals surface area contributed by atoms with Crippen LogP contribution in [0.15, 0.2) is 24.3 Å². The van der Waals surface area contributed by atoms with E-state index in [1.54, 1.807) is 7.11 Å². The van der Waals surface area contributed by atoms with Gasteiger partial charge in [-0.05, 0) is 36.5 Å². The minimum atomic E-state index is 0.850. The molecular weight excluding hydrogens is 272 g/mol. The van der Waals surface area contributed by atoms with Gasteiger partial charge < -0.3 is 4.74 Å². The Morgan fingerprint density at radius 1 is 1.14 bits per heavy atom. The van der Waals surface area contributed by atoms with E-state index >= 15 is 0 Å². The summed E-state index contributed by atoms with van der Waals surface area (Å²) in [5.41, 5.74) is 1.36. The third kappa shape index (κ3) is 4.02. The molecule has 1 aromatic rings. The minimum Gasteiger partial charge on any atom is -0.497 e. The second-order valence-electron chi connectivity index (χ2n) is 7.09. The highest BCUT2D eigenvalue weighted by Crippen LogP contribution is 2.28. The third-order valence-electron chi connectivity index (χ3n) is 5.37. The molecule has 0 amide bonds. The first-order valence-electron chi connectivity index (χ1n) is 8.84. The van der Waals surface area contributed by atoms with Crippen LogP contribution in [0, 0.1) is 5.92 Å². The fraction of sp³-hybridized carbons (Fsp3) is 0.684. The Morgan fingerprint density at radius 2 is 1.95 bits per heavy atom. The lowest BCUT2D eigenvalue weighted by Gasteiger charge is -2.42. The monoisotopic (exact) mass is 302 g/mol. The van der Waals surface area contributed by atoms with Gasteiger partial charge in [-0.3, -0.25) is 9.80 Å². The van der Waals surface area contributed by atoms with Crippen molar-refractivity contribution < 1.29 is 4.74 Å². The van der Waals surface area contributed by atoms with Gasteiger partial charge in [0.1, 0.15) is 5.75 Å². The molecule has 0 N–H and O–H groups in total. The molecule has 3 rings (SSSR count). The second kappa shape index (κ2) is 7.47. The van der Waals surface area contributed by atoms with E-state index in [1.165, 1.54) is 57.4 Å². The Kier molecular flexibility index (Phi) is 5.37. The Hall–Kier alpha value is -1.06. The van der Waals surface area contributed by atoms with Crippen molar-refractivity contribution >= 4 is 0 Å². The zero-order valence-electron chi connectivity index (χ0n) is 14.1. The molecule has 1 aliphatic heterocycles. The van der Waals surface area contributed by atoms with Gasteiger partial charge in [0.25, 0.3) is 0 Å². The van der Waals surface area contributed by atoms with Crippen LogP contribution in [0.1, 0.15) is 38.2 Å². The molecule has 1 aromatic carbocycles. The minimum absolute atomic E-state index is 0.850. The number of methoxy groups -OCH3 is 1. The van der Waals surface area contributed by atoms with Crippen molar-refractivity contribution in [2.24, 2.45) is 5.92 Å². The maximum atomic E-state index is 5.32. The lowest BCUT2D eigenvalue weighted by atomic mass is 9.86. The zero-order chi connectivity index (χ0) is 15.4. The molecule has 2 atom stereocenters. The number of hydrogen-bond acceptors (Lipinski definition) is 3. The SMILES string of the molecule is COc1cccc(CN2CCN(C3CCCC(C)C3)CC2)c1. The fourth-order valence-electron chi connectivity index (χ4n) is 4.05. The predicted octanol–water partition coefficient (Wildman–Crippen LogP) is 3.39. The van der Waals surface area contributed by atoms with Gasteiger partial charge in [-0.15, -0.1) is 0 Å². The Morgan fingerprint density at radius 3 is 2.68 bits per heavy atom. The molecular formula is C19H30N2O. The van der Waals surface area contributed by atoms with Crippen LogP contribution in [0.5, 0.6) is 5.75 Å². The van der Waals surface area contributed by atoms with Gasteiger partial charge in [-0.2, -0.15) is 0 Å². The summed E-state index contributed by atoms with van der Waals surface area (Å²) in [6.07, 6.45) is 5.69. The van der Waals surface area contributed by atoms with Gasteiger partial charge >= 0.3 is 0 Å². The van der Waals surface area contributed by atoms with Crippen LogP contribution in [0.2, 0.25) is 0 Å². The molecule has 2 unspecified atom stereocenters. The highest BCUT2D eigenvalue weighted by atomic mass is 16.5. The van der Waals surface area contributed by atoms with E-state index < -0.39 is 0 Å². The van der Waals surface area contributed by atoms with Crippen LogP contribution < -0.4 is 4.74 Å². The van der Waals surface area contributed by atoms with Crippen molar-refractivity contribution in [1.29, 1.82) is 0 Å². The van der Waals surface area contributed by atoms with Crippen LogP contribution in [-0.2, 0) is 6.54 Å². The zero-order valence-corrected chi connectivity index (χ0v) is 14.1. The number of ether oxygens (including phenoxy) is 1. The van der Waals surface area contributed by atoms with Gasteiger partial charge in [0, 0.05) is 38.8 Å². The fourth-order valence-corrected chi connectivity index (χ4v) is 4.05. The molecule has 3 heteroatoms. The van der Waals surface area contributed by atoms with Crippen molar-refractivity contribution in [2.75, 3.05) is 33.3 Å². The Labute approximate surface area is 135 Å². The average Bonchev–Trinajstić information content (AvgIpc) is 2.56. The highest BCUT2D eigenvalue weighted by molar-refractivity contribution is 5.28. The van der Waals surface area contributed by atoms with Crippen LogP contribution in [0.25, 0.3) is 0 Å². The smallest absolute Gasteiger partial charge is 0.119 e. The van der Waals surface area contributed by atoms with E-state index in [0.717, 1.165) is 24.3 Å². The average molecular weight is 302 g/mol. The number of hydrogen-bond donors (Lipinski definition) is 0. The summed E-state index contributed by atoms with van der Waals surface area (Å²) in [6.45, 7) is 8.34. The summed E-state index contributed by atoms with van der Waals surface area (Å²) >= 11 is 0. The van der Waals surface area contributed by atoms with Crippen molar-refractivity contribution in [2.45, 2.75) is 45.2 Å². The largest absolute Gasteiger partial charge is 0.497 e. The van der Waals surface area contributed by atoms with Gasteiger partial charge in [-0.25, -0.2) is 0 Å². The van der Waals surface area contributed by atoms with Crippen LogP contribution in [0.4, 0.5) is 0 Å². The topological polar surface area (TPSA) is 15.7 Å². The molecule has 1 heterocycles. The molecule has 0 bridgehead atoms. The lowest BCUT2D eigenvalue weighted by Crippen LogP contribution is -2.50. The second-order valence-corrected chi connectivity index (χ2v) is 7.09.